The zero-order chi connectivity index (χ0) is 34.1. The fourth-order valence-corrected chi connectivity index (χ4v) is 7.11. The van der Waals surface area contributed by atoms with Crippen molar-refractivity contribution < 1.29 is 44.9 Å². The average molecular weight is 698 g/mol. The molecule has 2 aromatic carbocycles. The van der Waals surface area contributed by atoms with Crippen molar-refractivity contribution in [2.24, 2.45) is 0 Å². The van der Waals surface area contributed by atoms with Gasteiger partial charge in [-0.05, 0) is 73.4 Å². The van der Waals surface area contributed by atoms with Gasteiger partial charge in [-0.1, -0.05) is 24.9 Å². The zero-order valence-electron chi connectivity index (χ0n) is 25.3. The van der Waals surface area contributed by atoms with Crippen LogP contribution in [0.5, 0.6) is 5.75 Å². The van der Waals surface area contributed by atoms with Gasteiger partial charge in [-0.25, -0.2) is 14.2 Å². The van der Waals surface area contributed by atoms with Gasteiger partial charge in [0.05, 0.1) is 34.1 Å². The minimum Gasteiger partial charge on any atom is -0.478 e. The summed E-state index contributed by atoms with van der Waals surface area (Å²) in [5, 5.41) is 13.7. The number of halogens is 5. The highest BCUT2D eigenvalue weighted by atomic mass is 35.5. The van der Waals surface area contributed by atoms with Crippen molar-refractivity contribution in [3.05, 3.63) is 75.7 Å². The molecule has 5 rings (SSSR count). The van der Waals surface area contributed by atoms with Gasteiger partial charge in [-0.2, -0.15) is 21.6 Å². The zero-order valence-corrected chi connectivity index (χ0v) is 26.9. The van der Waals surface area contributed by atoms with E-state index in [-0.39, 0.29) is 39.8 Å². The molecule has 0 saturated carbocycles. The van der Waals surface area contributed by atoms with Crippen LogP contribution in [0.4, 0.5) is 17.6 Å². The maximum absolute atomic E-state index is 14.3. The van der Waals surface area contributed by atoms with Gasteiger partial charge in [0.25, 0.3) is 5.91 Å². The van der Waals surface area contributed by atoms with E-state index in [1.807, 2.05) is 5.01 Å². The molecule has 47 heavy (non-hydrogen) atoms. The molecule has 15 heteroatoms. The summed E-state index contributed by atoms with van der Waals surface area (Å²) in [6.07, 6.45) is -1.49. The third-order valence-corrected chi connectivity index (χ3v) is 9.55. The number of fused-ring (bicyclic) bond motifs is 1. The van der Waals surface area contributed by atoms with Gasteiger partial charge in [-0.3, -0.25) is 9.80 Å². The van der Waals surface area contributed by atoms with Crippen LogP contribution < -0.4 is 4.18 Å². The summed E-state index contributed by atoms with van der Waals surface area (Å²) in [5.41, 5.74) is 2.09. The van der Waals surface area contributed by atoms with E-state index in [0.717, 1.165) is 25.3 Å². The fourth-order valence-electron chi connectivity index (χ4n) is 5.89. The van der Waals surface area contributed by atoms with Crippen molar-refractivity contribution >= 4 is 39.7 Å². The first kappa shape index (κ1) is 34.5. The van der Waals surface area contributed by atoms with E-state index in [4.69, 9.17) is 15.8 Å². The number of carbonyl (C=O) groups excluding carboxylic acids is 1. The lowest BCUT2D eigenvalue weighted by molar-refractivity contribution is -0.133. The van der Waals surface area contributed by atoms with Gasteiger partial charge >= 0.3 is 22.3 Å². The number of alkyl halides is 3. The van der Waals surface area contributed by atoms with Crippen LogP contribution in [0.1, 0.15) is 60.6 Å². The first-order chi connectivity index (χ1) is 22.2. The lowest BCUT2D eigenvalue weighted by Crippen LogP contribution is -2.51. The number of aliphatic carboxylic acids is 1. The molecule has 3 heterocycles. The van der Waals surface area contributed by atoms with Gasteiger partial charge in [0.15, 0.2) is 0 Å². The van der Waals surface area contributed by atoms with Crippen molar-refractivity contribution in [3.8, 4) is 22.7 Å². The van der Waals surface area contributed by atoms with Crippen LogP contribution in [0.2, 0.25) is 5.02 Å². The van der Waals surface area contributed by atoms with E-state index in [1.165, 1.54) is 42.5 Å². The normalized spacial score (nSPS) is 16.3. The Labute approximate surface area is 274 Å². The highest BCUT2D eigenvalue weighted by molar-refractivity contribution is 7.87. The van der Waals surface area contributed by atoms with E-state index in [2.05, 4.69) is 0 Å². The Morgan fingerprint density at radius 3 is 2.34 bits per heavy atom. The summed E-state index contributed by atoms with van der Waals surface area (Å²) in [7, 11) is -4.58. The molecule has 0 aliphatic carbocycles. The summed E-state index contributed by atoms with van der Waals surface area (Å²) < 4.78 is 83.1. The highest BCUT2D eigenvalue weighted by Gasteiger charge is 2.37. The molecule has 3 aromatic rings. The maximum Gasteiger partial charge on any atom is 0.390 e. The second-order valence-corrected chi connectivity index (χ2v) is 13.4. The number of aromatic nitrogens is 1. The smallest absolute Gasteiger partial charge is 0.390 e. The quantitative estimate of drug-likeness (QED) is 0.140. The highest BCUT2D eigenvalue weighted by Crippen LogP contribution is 2.41. The fraction of sp³-hybridized carbons (Fsp3) is 0.375. The van der Waals surface area contributed by atoms with Crippen molar-refractivity contribution in [2.45, 2.75) is 51.6 Å². The number of hydrogen-bond donors (Lipinski definition) is 1. The van der Waals surface area contributed by atoms with E-state index < -0.39 is 40.3 Å². The molecule has 1 aromatic heterocycles. The Hall–Kier alpha value is -3.88. The van der Waals surface area contributed by atoms with Gasteiger partial charge in [0.2, 0.25) is 0 Å². The van der Waals surface area contributed by atoms with Crippen molar-refractivity contribution in [1.82, 2.24) is 14.6 Å². The molecule has 252 valence electrons. The standard InChI is InChI=1S/C32H32ClF4N3O6S/c1-2-20(31(42)43)18-24-28-27(12-16-39(30(28)41)38-14-4-3-5-15-38)40(26-11-8-22(34)19-25(26)33)29(24)21-6-9-23(10-7-21)46-47(44,45)17-13-32(35,36)37/h6-11,18-19H,2-5,12-17H2,1H3,(H,42,43)/b20-18-. The largest absolute Gasteiger partial charge is 0.478 e. The number of carboxylic acid groups (broad SMARTS) is 1. The SMILES string of the molecule is CC/C(=C/c1c2c(n(-c3ccc(F)cc3Cl)c1-c1ccc(OS(=O)(=O)CCC(F)(F)F)cc1)CCN(N1CCCCC1)C2=O)C(=O)O. The summed E-state index contributed by atoms with van der Waals surface area (Å²) in [6, 6.07) is 9.14. The van der Waals surface area contributed by atoms with E-state index in [1.54, 1.807) is 16.5 Å². The van der Waals surface area contributed by atoms with Crippen LogP contribution >= 0.6 is 11.6 Å². The maximum atomic E-state index is 14.3. The molecular formula is C32H32ClF4N3O6S. The first-order valence-electron chi connectivity index (χ1n) is 15.0. The molecule has 1 amide bonds. The van der Waals surface area contributed by atoms with E-state index in [0.29, 0.717) is 48.7 Å². The summed E-state index contributed by atoms with van der Waals surface area (Å²) in [6.45, 7) is 3.37. The number of carbonyl (C=O) groups is 2. The predicted molar refractivity (Wildman–Crippen MR) is 167 cm³/mol. The van der Waals surface area contributed by atoms with E-state index >= 15 is 0 Å². The molecule has 1 N–H and O–H groups in total. The van der Waals surface area contributed by atoms with Gasteiger partial charge in [-0.15, -0.1) is 0 Å². The van der Waals surface area contributed by atoms with Gasteiger partial charge in [0.1, 0.15) is 11.6 Å². The molecule has 0 atom stereocenters. The van der Waals surface area contributed by atoms with Crippen LogP contribution in [0.3, 0.4) is 0 Å². The molecule has 0 bridgehead atoms. The summed E-state index contributed by atoms with van der Waals surface area (Å²) >= 11 is 6.56. The van der Waals surface area contributed by atoms with Crippen LogP contribution in [0, 0.1) is 5.82 Å². The Kier molecular flexibility index (Phi) is 10.0. The number of amides is 1. The predicted octanol–water partition coefficient (Wildman–Crippen LogP) is 6.88. The van der Waals surface area contributed by atoms with Crippen LogP contribution in [-0.2, 0) is 21.3 Å². The minimum atomic E-state index is -4.69. The van der Waals surface area contributed by atoms with Crippen LogP contribution in [0.15, 0.2) is 48.0 Å². The summed E-state index contributed by atoms with van der Waals surface area (Å²) in [5.74, 6) is -3.64. The second-order valence-electron chi connectivity index (χ2n) is 11.3. The molecule has 0 unspecified atom stereocenters. The monoisotopic (exact) mass is 697 g/mol. The van der Waals surface area contributed by atoms with Crippen LogP contribution in [-0.4, -0.2) is 71.5 Å². The molecular weight excluding hydrogens is 666 g/mol. The lowest BCUT2D eigenvalue weighted by atomic mass is 9.97. The third-order valence-electron chi connectivity index (χ3n) is 8.10. The molecule has 1 saturated heterocycles. The first-order valence-corrected chi connectivity index (χ1v) is 17.0. The third kappa shape index (κ3) is 7.65. The van der Waals surface area contributed by atoms with Gasteiger partial charge in [0, 0.05) is 42.9 Å². The number of hydrazine groups is 1. The average Bonchev–Trinajstić information content (AvgIpc) is 3.33. The molecule has 2 aliphatic heterocycles. The Balaban J connectivity index is 1.70. The van der Waals surface area contributed by atoms with Crippen molar-refractivity contribution in [2.75, 3.05) is 25.4 Å². The lowest BCUT2D eigenvalue weighted by Gasteiger charge is -2.39. The number of hydrogen-bond acceptors (Lipinski definition) is 6. The second kappa shape index (κ2) is 13.7. The minimum absolute atomic E-state index is 0.00927. The molecule has 9 nitrogen and oxygen atoms in total. The molecule has 1 fully saturated rings. The summed E-state index contributed by atoms with van der Waals surface area (Å²) in [4.78, 5) is 26.5. The topological polar surface area (TPSA) is 109 Å². The molecule has 0 radical (unpaired) electrons. The van der Waals surface area contributed by atoms with Gasteiger partial charge < -0.3 is 13.9 Å². The van der Waals surface area contributed by atoms with Crippen molar-refractivity contribution in [3.63, 3.8) is 0 Å². The number of benzene rings is 2. The number of carboxylic acids is 1. The Morgan fingerprint density at radius 1 is 1.06 bits per heavy atom. The van der Waals surface area contributed by atoms with Crippen molar-refractivity contribution in [1.29, 1.82) is 0 Å². The molecule has 2 aliphatic rings. The van der Waals surface area contributed by atoms with Crippen LogP contribution in [0.25, 0.3) is 23.0 Å². The Morgan fingerprint density at radius 2 is 1.74 bits per heavy atom. The number of piperidine rings is 1. The number of nitrogens with zero attached hydrogens (tertiary/aromatic N) is 3. The van der Waals surface area contributed by atoms with E-state index in [9.17, 15) is 40.7 Å². The molecule has 0 spiro atoms. The number of rotatable bonds is 10. The Bertz CT molecular complexity index is 1820.